The SMILES string of the molecule is O=C1CN(c2ncnc(Cl)c2CO)CCN1. The molecule has 0 unspecified atom stereocenters. The molecule has 0 bridgehead atoms. The highest BCUT2D eigenvalue weighted by molar-refractivity contribution is 6.30. The van der Waals surface area contributed by atoms with Gasteiger partial charge in [-0.25, -0.2) is 9.97 Å². The maximum absolute atomic E-state index is 11.2. The topological polar surface area (TPSA) is 78.4 Å². The largest absolute Gasteiger partial charge is 0.391 e. The molecule has 1 aliphatic heterocycles. The van der Waals surface area contributed by atoms with Gasteiger partial charge in [-0.2, -0.15) is 0 Å². The van der Waals surface area contributed by atoms with Gasteiger partial charge in [-0.15, -0.1) is 0 Å². The summed E-state index contributed by atoms with van der Waals surface area (Å²) in [6, 6.07) is 0. The van der Waals surface area contributed by atoms with Crippen LogP contribution in [-0.2, 0) is 11.4 Å². The molecule has 1 aromatic heterocycles. The summed E-state index contributed by atoms with van der Waals surface area (Å²) in [6.45, 7) is 1.19. The number of halogens is 1. The molecule has 1 fully saturated rings. The zero-order chi connectivity index (χ0) is 11.5. The summed E-state index contributed by atoms with van der Waals surface area (Å²) < 4.78 is 0. The summed E-state index contributed by atoms with van der Waals surface area (Å²) >= 11 is 5.85. The molecule has 7 heteroatoms. The molecular formula is C9H11ClN4O2. The molecule has 0 radical (unpaired) electrons. The number of nitrogens with one attached hydrogen (secondary N) is 1. The van der Waals surface area contributed by atoms with Crippen LogP contribution in [0.5, 0.6) is 0 Å². The van der Waals surface area contributed by atoms with E-state index in [0.717, 1.165) is 0 Å². The Bertz CT molecular complexity index is 412. The zero-order valence-corrected chi connectivity index (χ0v) is 9.24. The Morgan fingerprint density at radius 3 is 3.06 bits per heavy atom. The Morgan fingerprint density at radius 2 is 2.38 bits per heavy atom. The van der Waals surface area contributed by atoms with E-state index < -0.39 is 0 Å². The van der Waals surface area contributed by atoms with Crippen molar-refractivity contribution in [2.75, 3.05) is 24.5 Å². The Labute approximate surface area is 97.3 Å². The number of aromatic nitrogens is 2. The molecule has 16 heavy (non-hydrogen) atoms. The van der Waals surface area contributed by atoms with E-state index in [2.05, 4.69) is 15.3 Å². The third-order valence-corrected chi connectivity index (χ3v) is 2.69. The lowest BCUT2D eigenvalue weighted by Gasteiger charge is -2.28. The third-order valence-electron chi connectivity index (χ3n) is 2.37. The van der Waals surface area contributed by atoms with Crippen LogP contribution in [0, 0.1) is 0 Å². The van der Waals surface area contributed by atoms with Crippen molar-refractivity contribution in [3.8, 4) is 0 Å². The second-order valence-corrected chi connectivity index (χ2v) is 3.75. The molecule has 0 spiro atoms. The van der Waals surface area contributed by atoms with Crippen molar-refractivity contribution in [3.63, 3.8) is 0 Å². The number of rotatable bonds is 2. The van der Waals surface area contributed by atoms with E-state index in [1.54, 1.807) is 4.90 Å². The number of hydrogen-bond donors (Lipinski definition) is 2. The first-order chi connectivity index (χ1) is 7.72. The number of carbonyl (C=O) groups excluding carboxylic acids is 1. The number of piperazine rings is 1. The maximum atomic E-state index is 11.2. The van der Waals surface area contributed by atoms with Crippen LogP contribution in [0.25, 0.3) is 0 Å². The molecule has 0 atom stereocenters. The van der Waals surface area contributed by atoms with E-state index in [1.165, 1.54) is 6.33 Å². The molecule has 2 N–H and O–H groups in total. The van der Waals surface area contributed by atoms with E-state index in [1.807, 2.05) is 0 Å². The minimum absolute atomic E-state index is 0.0649. The fraction of sp³-hybridized carbons (Fsp3) is 0.444. The van der Waals surface area contributed by atoms with Crippen LogP contribution in [0.15, 0.2) is 6.33 Å². The minimum Gasteiger partial charge on any atom is -0.391 e. The van der Waals surface area contributed by atoms with Crippen molar-refractivity contribution < 1.29 is 9.90 Å². The molecule has 0 aliphatic carbocycles. The number of anilines is 1. The zero-order valence-electron chi connectivity index (χ0n) is 8.48. The lowest BCUT2D eigenvalue weighted by molar-refractivity contribution is -0.120. The van der Waals surface area contributed by atoms with Gasteiger partial charge in [-0.05, 0) is 0 Å². The number of hydrogen-bond acceptors (Lipinski definition) is 5. The van der Waals surface area contributed by atoms with Gasteiger partial charge in [0.05, 0.1) is 18.7 Å². The molecule has 1 aliphatic rings. The van der Waals surface area contributed by atoms with Crippen molar-refractivity contribution in [3.05, 3.63) is 17.0 Å². The van der Waals surface area contributed by atoms with Gasteiger partial charge in [-0.3, -0.25) is 4.79 Å². The number of nitrogens with zero attached hydrogens (tertiary/aromatic N) is 3. The lowest BCUT2D eigenvalue weighted by atomic mass is 10.2. The summed E-state index contributed by atoms with van der Waals surface area (Å²) in [7, 11) is 0. The van der Waals surface area contributed by atoms with E-state index in [9.17, 15) is 9.90 Å². The monoisotopic (exact) mass is 242 g/mol. The molecule has 0 aromatic carbocycles. The van der Waals surface area contributed by atoms with Crippen molar-refractivity contribution in [2.45, 2.75) is 6.61 Å². The average molecular weight is 243 g/mol. The number of aliphatic hydroxyl groups excluding tert-OH is 1. The normalized spacial score (nSPS) is 16.1. The molecule has 1 saturated heterocycles. The van der Waals surface area contributed by atoms with E-state index in [4.69, 9.17) is 11.6 Å². The molecular weight excluding hydrogens is 232 g/mol. The first-order valence-corrected chi connectivity index (χ1v) is 5.22. The number of aliphatic hydroxyl groups is 1. The van der Waals surface area contributed by atoms with Gasteiger partial charge in [0.25, 0.3) is 0 Å². The van der Waals surface area contributed by atoms with Gasteiger partial charge in [0.2, 0.25) is 5.91 Å². The number of carbonyl (C=O) groups is 1. The van der Waals surface area contributed by atoms with Crippen LogP contribution in [0.4, 0.5) is 5.82 Å². The molecule has 2 heterocycles. The Kier molecular flexibility index (Phi) is 3.21. The predicted molar refractivity (Wildman–Crippen MR) is 58.2 cm³/mol. The van der Waals surface area contributed by atoms with Crippen molar-refractivity contribution in [1.82, 2.24) is 15.3 Å². The van der Waals surface area contributed by atoms with Gasteiger partial charge < -0.3 is 15.3 Å². The Balaban J connectivity index is 2.31. The average Bonchev–Trinajstić information content (AvgIpc) is 2.28. The molecule has 1 aromatic rings. The van der Waals surface area contributed by atoms with E-state index >= 15 is 0 Å². The van der Waals surface area contributed by atoms with Crippen LogP contribution in [0.3, 0.4) is 0 Å². The van der Waals surface area contributed by atoms with Gasteiger partial charge in [0.15, 0.2) is 0 Å². The highest BCUT2D eigenvalue weighted by Gasteiger charge is 2.21. The first kappa shape index (κ1) is 11.1. The maximum Gasteiger partial charge on any atom is 0.239 e. The fourth-order valence-corrected chi connectivity index (χ4v) is 1.80. The quantitative estimate of drug-likeness (QED) is 0.688. The Hall–Kier alpha value is -1.40. The standard InChI is InChI=1S/C9H11ClN4O2/c10-8-6(4-15)9(13-5-12-8)14-2-1-11-7(16)3-14/h5,15H,1-4H2,(H,11,16). The number of amides is 1. The van der Waals surface area contributed by atoms with Crippen LogP contribution < -0.4 is 10.2 Å². The summed E-state index contributed by atoms with van der Waals surface area (Å²) in [4.78, 5) is 20.9. The predicted octanol–water partition coefficient (Wildman–Crippen LogP) is -0.442. The third kappa shape index (κ3) is 2.07. The van der Waals surface area contributed by atoms with Gasteiger partial charge >= 0.3 is 0 Å². The summed E-state index contributed by atoms with van der Waals surface area (Å²) in [5, 5.41) is 12.1. The summed E-state index contributed by atoms with van der Waals surface area (Å²) in [6.07, 6.45) is 1.32. The van der Waals surface area contributed by atoms with Crippen LogP contribution in [0.2, 0.25) is 5.15 Å². The van der Waals surface area contributed by atoms with E-state index in [-0.39, 0.29) is 24.2 Å². The summed E-state index contributed by atoms with van der Waals surface area (Å²) in [5.74, 6) is 0.460. The van der Waals surface area contributed by atoms with Crippen molar-refractivity contribution in [1.29, 1.82) is 0 Å². The van der Waals surface area contributed by atoms with Crippen LogP contribution in [-0.4, -0.2) is 40.6 Å². The summed E-state index contributed by atoms with van der Waals surface area (Å²) in [5.41, 5.74) is 0.457. The van der Waals surface area contributed by atoms with Crippen LogP contribution in [0.1, 0.15) is 5.56 Å². The fourth-order valence-electron chi connectivity index (χ4n) is 1.61. The minimum atomic E-state index is -0.243. The second kappa shape index (κ2) is 4.63. The highest BCUT2D eigenvalue weighted by atomic mass is 35.5. The molecule has 1 amide bonds. The lowest BCUT2D eigenvalue weighted by Crippen LogP contribution is -2.48. The smallest absolute Gasteiger partial charge is 0.239 e. The first-order valence-electron chi connectivity index (χ1n) is 4.84. The molecule has 2 rings (SSSR count). The van der Waals surface area contributed by atoms with Crippen LogP contribution >= 0.6 is 11.6 Å². The van der Waals surface area contributed by atoms with Gasteiger partial charge in [0, 0.05) is 13.1 Å². The molecule has 0 saturated carbocycles. The molecule has 6 nitrogen and oxygen atoms in total. The molecule has 86 valence electrons. The van der Waals surface area contributed by atoms with E-state index in [0.29, 0.717) is 24.5 Å². The van der Waals surface area contributed by atoms with Gasteiger partial charge in [-0.1, -0.05) is 11.6 Å². The van der Waals surface area contributed by atoms with Crippen molar-refractivity contribution in [2.24, 2.45) is 0 Å². The second-order valence-electron chi connectivity index (χ2n) is 3.40. The highest BCUT2D eigenvalue weighted by Crippen LogP contribution is 2.23. The van der Waals surface area contributed by atoms with Gasteiger partial charge in [0.1, 0.15) is 17.3 Å². The Morgan fingerprint density at radius 1 is 1.56 bits per heavy atom. The van der Waals surface area contributed by atoms with Crippen molar-refractivity contribution >= 4 is 23.3 Å².